The van der Waals surface area contributed by atoms with Gasteiger partial charge >= 0.3 is 0 Å². The van der Waals surface area contributed by atoms with Gasteiger partial charge in [-0.2, -0.15) is 0 Å². The summed E-state index contributed by atoms with van der Waals surface area (Å²) in [5, 5.41) is 0. The Kier molecular flexibility index (Phi) is 4.27. The van der Waals surface area contributed by atoms with Gasteiger partial charge in [-0.25, -0.2) is 0 Å². The van der Waals surface area contributed by atoms with Crippen LogP contribution in [0.25, 0.3) is 0 Å². The first kappa shape index (κ1) is 14.5. The van der Waals surface area contributed by atoms with E-state index in [1.54, 1.807) is 0 Å². The van der Waals surface area contributed by atoms with Gasteiger partial charge in [-0.1, -0.05) is 30.3 Å². The maximum absolute atomic E-state index is 12.7. The van der Waals surface area contributed by atoms with Crippen molar-refractivity contribution < 1.29 is 4.79 Å². The zero-order chi connectivity index (χ0) is 14.8. The highest BCUT2D eigenvalue weighted by Gasteiger charge is 2.34. The van der Waals surface area contributed by atoms with Crippen molar-refractivity contribution in [3.63, 3.8) is 0 Å². The molecule has 0 spiro atoms. The molecule has 1 saturated heterocycles. The molecule has 2 aliphatic rings. The fraction of sp³-hybridized carbons (Fsp3) is 0.588. The van der Waals surface area contributed by atoms with Gasteiger partial charge in [-0.15, -0.1) is 0 Å². The third kappa shape index (κ3) is 3.44. The first-order chi connectivity index (χ1) is 10.1. The molecule has 4 nitrogen and oxygen atoms in total. The van der Waals surface area contributed by atoms with Crippen molar-refractivity contribution in [3.05, 3.63) is 35.9 Å². The van der Waals surface area contributed by atoms with Crippen LogP contribution in [0.2, 0.25) is 0 Å². The molecule has 0 bridgehead atoms. The molecule has 3 rings (SSSR count). The first-order valence-corrected chi connectivity index (χ1v) is 7.93. The summed E-state index contributed by atoms with van der Waals surface area (Å²) < 4.78 is 0. The van der Waals surface area contributed by atoms with Gasteiger partial charge in [0.05, 0.1) is 6.04 Å². The maximum atomic E-state index is 12.7. The second-order valence-electron chi connectivity index (χ2n) is 6.48. The zero-order valence-electron chi connectivity index (χ0n) is 12.7. The van der Waals surface area contributed by atoms with Crippen molar-refractivity contribution in [1.29, 1.82) is 0 Å². The van der Waals surface area contributed by atoms with E-state index in [-0.39, 0.29) is 18.0 Å². The van der Waals surface area contributed by atoms with Crippen molar-refractivity contribution in [3.8, 4) is 0 Å². The van der Waals surface area contributed by atoms with Crippen LogP contribution in [0.5, 0.6) is 0 Å². The van der Waals surface area contributed by atoms with E-state index in [2.05, 4.69) is 24.1 Å². The molecule has 1 heterocycles. The van der Waals surface area contributed by atoms with Gasteiger partial charge < -0.3 is 15.5 Å². The van der Waals surface area contributed by atoms with Gasteiger partial charge in [0.2, 0.25) is 5.91 Å². The van der Waals surface area contributed by atoms with E-state index < -0.39 is 0 Å². The second-order valence-corrected chi connectivity index (χ2v) is 6.48. The van der Waals surface area contributed by atoms with E-state index >= 15 is 0 Å². The summed E-state index contributed by atoms with van der Waals surface area (Å²) >= 11 is 0. The molecule has 114 valence electrons. The maximum Gasteiger partial charge on any atom is 0.224 e. The molecule has 2 atom stereocenters. The summed E-state index contributed by atoms with van der Waals surface area (Å²) in [5.41, 5.74) is 7.36. The van der Waals surface area contributed by atoms with Crippen LogP contribution in [0.4, 0.5) is 0 Å². The Labute approximate surface area is 126 Å². The van der Waals surface area contributed by atoms with Gasteiger partial charge in [0.15, 0.2) is 0 Å². The van der Waals surface area contributed by atoms with Crippen LogP contribution < -0.4 is 5.73 Å². The second kappa shape index (κ2) is 6.16. The Morgan fingerprint density at radius 1 is 1.29 bits per heavy atom. The molecule has 1 aliphatic heterocycles. The average Bonchev–Trinajstić information content (AvgIpc) is 3.32. The van der Waals surface area contributed by atoms with Crippen molar-refractivity contribution >= 4 is 5.91 Å². The third-order valence-electron chi connectivity index (χ3n) is 4.73. The third-order valence-corrected chi connectivity index (χ3v) is 4.73. The topological polar surface area (TPSA) is 49.6 Å². The van der Waals surface area contributed by atoms with Crippen molar-refractivity contribution in [1.82, 2.24) is 9.80 Å². The normalized spacial score (nSPS) is 24.9. The van der Waals surface area contributed by atoms with Gasteiger partial charge in [0.1, 0.15) is 0 Å². The predicted molar refractivity (Wildman–Crippen MR) is 83.7 cm³/mol. The molecule has 1 aromatic rings. The predicted octanol–water partition coefficient (Wildman–Crippen LogP) is 1.63. The van der Waals surface area contributed by atoms with Crippen molar-refractivity contribution in [2.24, 2.45) is 11.7 Å². The molecule has 21 heavy (non-hydrogen) atoms. The van der Waals surface area contributed by atoms with Crippen molar-refractivity contribution in [2.75, 3.05) is 26.7 Å². The number of rotatable bonds is 4. The van der Waals surface area contributed by atoms with Crippen LogP contribution >= 0.6 is 0 Å². The highest BCUT2D eigenvalue weighted by Crippen LogP contribution is 2.34. The number of hydrogen-bond acceptors (Lipinski definition) is 3. The number of carbonyl (C=O) groups is 1. The summed E-state index contributed by atoms with van der Waals surface area (Å²) in [6.07, 6.45) is 2.89. The summed E-state index contributed by atoms with van der Waals surface area (Å²) in [6.45, 7) is 2.63. The van der Waals surface area contributed by atoms with Crippen LogP contribution in [0.1, 0.15) is 30.9 Å². The van der Waals surface area contributed by atoms with E-state index in [1.165, 1.54) is 18.4 Å². The fourth-order valence-corrected chi connectivity index (χ4v) is 3.19. The number of hydrogen-bond donors (Lipinski definition) is 1. The lowest BCUT2D eigenvalue weighted by Crippen LogP contribution is -2.50. The highest BCUT2D eigenvalue weighted by atomic mass is 16.2. The number of likely N-dealkylation sites (N-methyl/N-ethyl adjacent to an activating group) is 1. The summed E-state index contributed by atoms with van der Waals surface area (Å²) in [6, 6.07) is 10.5. The number of nitrogens with two attached hydrogens (primary N) is 1. The number of amides is 1. The molecule has 1 aliphatic carbocycles. The monoisotopic (exact) mass is 287 g/mol. The lowest BCUT2D eigenvalue weighted by atomic mass is 10.0. The van der Waals surface area contributed by atoms with E-state index in [4.69, 9.17) is 5.73 Å². The van der Waals surface area contributed by atoms with Crippen LogP contribution in [-0.4, -0.2) is 48.4 Å². The molecule has 2 fully saturated rings. The first-order valence-electron chi connectivity index (χ1n) is 7.93. The van der Waals surface area contributed by atoms with E-state index in [0.29, 0.717) is 12.3 Å². The Morgan fingerprint density at radius 2 is 2.00 bits per heavy atom. The lowest BCUT2D eigenvalue weighted by Gasteiger charge is -2.40. The summed E-state index contributed by atoms with van der Waals surface area (Å²) in [5.74, 6) is 0.799. The minimum absolute atomic E-state index is 0.0496. The Bertz CT molecular complexity index is 486. The van der Waals surface area contributed by atoms with Crippen LogP contribution in [-0.2, 0) is 4.79 Å². The molecule has 2 N–H and O–H groups in total. The Morgan fingerprint density at radius 3 is 2.67 bits per heavy atom. The summed E-state index contributed by atoms with van der Waals surface area (Å²) in [4.78, 5) is 17.0. The molecule has 1 amide bonds. The quantitative estimate of drug-likeness (QED) is 0.915. The average molecular weight is 287 g/mol. The molecule has 0 radical (unpaired) electrons. The van der Waals surface area contributed by atoms with Crippen LogP contribution in [0.15, 0.2) is 30.3 Å². The molecular formula is C17H25N3O. The minimum atomic E-state index is 0.0496. The fourth-order valence-electron chi connectivity index (χ4n) is 3.19. The summed E-state index contributed by atoms with van der Waals surface area (Å²) in [7, 11) is 2.12. The SMILES string of the molecule is CN1CCN(C(=O)CC(N)C2CC2)C(c2ccccc2)C1. The zero-order valence-corrected chi connectivity index (χ0v) is 12.7. The van der Waals surface area contributed by atoms with Crippen molar-refractivity contribution in [2.45, 2.75) is 31.3 Å². The Hall–Kier alpha value is -1.39. The molecule has 1 aromatic carbocycles. The van der Waals surface area contributed by atoms with Gasteiger partial charge in [-0.3, -0.25) is 4.79 Å². The lowest BCUT2D eigenvalue weighted by molar-refractivity contribution is -0.136. The molecule has 4 heteroatoms. The largest absolute Gasteiger partial charge is 0.333 e. The smallest absolute Gasteiger partial charge is 0.224 e. The van der Waals surface area contributed by atoms with Gasteiger partial charge in [0.25, 0.3) is 0 Å². The molecular weight excluding hydrogens is 262 g/mol. The van der Waals surface area contributed by atoms with Crippen LogP contribution in [0, 0.1) is 5.92 Å². The highest BCUT2D eigenvalue weighted by molar-refractivity contribution is 5.77. The Balaban J connectivity index is 1.72. The van der Waals surface area contributed by atoms with E-state index in [9.17, 15) is 4.79 Å². The van der Waals surface area contributed by atoms with Gasteiger partial charge in [-0.05, 0) is 31.4 Å². The number of nitrogens with zero attached hydrogens (tertiary/aromatic N) is 2. The van der Waals surface area contributed by atoms with E-state index in [1.807, 2.05) is 23.1 Å². The number of carbonyl (C=O) groups excluding carboxylic acids is 1. The van der Waals surface area contributed by atoms with E-state index in [0.717, 1.165) is 19.6 Å². The van der Waals surface area contributed by atoms with Crippen LogP contribution in [0.3, 0.4) is 0 Å². The number of piperazine rings is 1. The standard InChI is InChI=1S/C17H25N3O/c1-19-9-10-20(17(21)11-15(18)13-7-8-13)16(12-19)14-5-3-2-4-6-14/h2-6,13,15-16H,7-12,18H2,1H3. The minimum Gasteiger partial charge on any atom is -0.333 e. The molecule has 0 aromatic heterocycles. The molecule has 2 unspecified atom stereocenters. The van der Waals surface area contributed by atoms with Gasteiger partial charge in [0, 0.05) is 32.1 Å². The number of benzene rings is 1. The molecule has 1 saturated carbocycles.